The van der Waals surface area contributed by atoms with Gasteiger partial charge in [0.05, 0.1) is 23.3 Å². The molecule has 1 unspecified atom stereocenters. The molecule has 1 fully saturated rings. The first-order valence-corrected chi connectivity index (χ1v) is 6.27. The number of non-ortho nitro benzene ring substituents is 1. The van der Waals surface area contributed by atoms with Crippen molar-refractivity contribution in [3.63, 3.8) is 0 Å². The average molecular weight is 290 g/mol. The van der Waals surface area contributed by atoms with Gasteiger partial charge in [-0.1, -0.05) is 6.08 Å². The molecule has 1 heterocycles. The summed E-state index contributed by atoms with van der Waals surface area (Å²) in [6.07, 6.45) is 1.98. The molecule has 1 aliphatic rings. The van der Waals surface area contributed by atoms with E-state index in [-0.39, 0.29) is 23.1 Å². The number of nitro groups is 1. The van der Waals surface area contributed by atoms with Crippen molar-refractivity contribution in [1.82, 2.24) is 0 Å². The fourth-order valence-corrected chi connectivity index (χ4v) is 2.23. The number of hydrogen-bond acceptors (Lipinski definition) is 5. The smallest absolute Gasteiger partial charge is 0.338 e. The topological polar surface area (TPSA) is 89.8 Å². The Morgan fingerprint density at radius 2 is 2.24 bits per heavy atom. The highest BCUT2D eigenvalue weighted by Crippen LogP contribution is 2.30. The molecule has 1 aliphatic heterocycles. The van der Waals surface area contributed by atoms with Gasteiger partial charge in [-0.3, -0.25) is 14.9 Å². The van der Waals surface area contributed by atoms with Gasteiger partial charge in [0, 0.05) is 31.0 Å². The Bertz CT molecular complexity index is 626. The second kappa shape index (κ2) is 5.74. The lowest BCUT2D eigenvalue weighted by Crippen LogP contribution is -2.24. The minimum Gasteiger partial charge on any atom is -0.465 e. The lowest BCUT2D eigenvalue weighted by Gasteiger charge is -2.16. The molecule has 7 nitrogen and oxygen atoms in total. The van der Waals surface area contributed by atoms with Gasteiger partial charge in [0.1, 0.15) is 0 Å². The first-order chi connectivity index (χ1) is 9.96. The van der Waals surface area contributed by atoms with E-state index in [0.29, 0.717) is 18.7 Å². The van der Waals surface area contributed by atoms with E-state index in [1.165, 1.54) is 24.1 Å². The molecule has 0 radical (unpaired) electrons. The molecule has 0 aromatic heterocycles. The minimum atomic E-state index is -0.688. The second-order valence-electron chi connectivity index (χ2n) is 4.69. The lowest BCUT2D eigenvalue weighted by atomic mass is 10.1. The normalized spacial score (nSPS) is 17.7. The van der Waals surface area contributed by atoms with Gasteiger partial charge >= 0.3 is 5.97 Å². The Labute approximate surface area is 121 Å². The number of rotatable bonds is 4. The summed E-state index contributed by atoms with van der Waals surface area (Å²) >= 11 is 0. The van der Waals surface area contributed by atoms with Crippen LogP contribution < -0.4 is 4.90 Å². The van der Waals surface area contributed by atoms with E-state index in [1.807, 2.05) is 0 Å². The summed E-state index contributed by atoms with van der Waals surface area (Å²) in [5.74, 6) is -0.846. The van der Waals surface area contributed by atoms with Crippen molar-refractivity contribution in [2.24, 2.45) is 5.92 Å². The summed E-state index contributed by atoms with van der Waals surface area (Å²) < 4.78 is 4.58. The van der Waals surface area contributed by atoms with Crippen molar-refractivity contribution in [1.29, 1.82) is 0 Å². The maximum absolute atomic E-state index is 12.0. The number of nitro benzene ring substituents is 1. The van der Waals surface area contributed by atoms with E-state index in [4.69, 9.17) is 0 Å². The van der Waals surface area contributed by atoms with Crippen LogP contribution in [-0.4, -0.2) is 30.5 Å². The Balaban J connectivity index is 2.45. The number of carbonyl (C=O) groups is 2. The minimum absolute atomic E-state index is 0.00154. The average Bonchev–Trinajstić information content (AvgIpc) is 2.87. The van der Waals surface area contributed by atoms with Crippen molar-refractivity contribution in [2.45, 2.75) is 6.42 Å². The van der Waals surface area contributed by atoms with Crippen LogP contribution in [0.3, 0.4) is 0 Å². The van der Waals surface area contributed by atoms with Crippen LogP contribution in [0.2, 0.25) is 0 Å². The summed E-state index contributed by atoms with van der Waals surface area (Å²) in [7, 11) is 1.19. The van der Waals surface area contributed by atoms with Crippen molar-refractivity contribution in [2.75, 3.05) is 18.6 Å². The van der Waals surface area contributed by atoms with Gasteiger partial charge in [-0.25, -0.2) is 4.79 Å². The molecule has 1 aromatic carbocycles. The van der Waals surface area contributed by atoms with Crippen LogP contribution in [0, 0.1) is 16.0 Å². The monoisotopic (exact) mass is 290 g/mol. The highest BCUT2D eigenvalue weighted by Gasteiger charge is 2.30. The summed E-state index contributed by atoms with van der Waals surface area (Å²) in [5, 5.41) is 11.0. The Kier molecular flexibility index (Phi) is 4.02. The van der Waals surface area contributed by atoms with Crippen molar-refractivity contribution >= 4 is 23.3 Å². The van der Waals surface area contributed by atoms with E-state index >= 15 is 0 Å². The number of amides is 1. The number of ether oxygens (including phenoxy) is 1. The Morgan fingerprint density at radius 3 is 2.76 bits per heavy atom. The second-order valence-corrected chi connectivity index (χ2v) is 4.69. The largest absolute Gasteiger partial charge is 0.465 e. The summed E-state index contributed by atoms with van der Waals surface area (Å²) in [6.45, 7) is 4.04. The van der Waals surface area contributed by atoms with Crippen LogP contribution in [-0.2, 0) is 9.53 Å². The van der Waals surface area contributed by atoms with Gasteiger partial charge in [-0.2, -0.15) is 0 Å². The zero-order chi connectivity index (χ0) is 15.6. The van der Waals surface area contributed by atoms with Crippen LogP contribution >= 0.6 is 0 Å². The molecule has 0 bridgehead atoms. The Hall–Kier alpha value is -2.70. The molecule has 1 aromatic rings. The molecule has 1 atom stereocenters. The number of carbonyl (C=O) groups excluding carboxylic acids is 2. The molecule has 7 heteroatoms. The summed E-state index contributed by atoms with van der Waals surface area (Å²) in [5.41, 5.74) is 0.0956. The van der Waals surface area contributed by atoms with Crippen LogP contribution in [0.25, 0.3) is 0 Å². The van der Waals surface area contributed by atoms with Gasteiger partial charge < -0.3 is 9.64 Å². The van der Waals surface area contributed by atoms with Gasteiger partial charge in [-0.15, -0.1) is 6.58 Å². The Morgan fingerprint density at radius 1 is 1.52 bits per heavy atom. The number of benzene rings is 1. The number of anilines is 1. The molecule has 0 spiro atoms. The third-order valence-electron chi connectivity index (χ3n) is 3.33. The molecular weight excluding hydrogens is 276 g/mol. The lowest BCUT2D eigenvalue weighted by molar-refractivity contribution is -0.384. The van der Waals surface area contributed by atoms with Gasteiger partial charge in [0.2, 0.25) is 5.91 Å². The highest BCUT2D eigenvalue weighted by molar-refractivity contribution is 5.98. The van der Waals surface area contributed by atoms with E-state index in [2.05, 4.69) is 11.3 Å². The third kappa shape index (κ3) is 2.91. The molecule has 0 N–H and O–H groups in total. The number of nitrogens with zero attached hydrogens (tertiary/aromatic N) is 2. The molecule has 0 saturated carbocycles. The number of methoxy groups -OCH3 is 1. The van der Waals surface area contributed by atoms with Crippen LogP contribution in [0.4, 0.5) is 11.4 Å². The van der Waals surface area contributed by atoms with Crippen LogP contribution in [0.5, 0.6) is 0 Å². The number of esters is 1. The van der Waals surface area contributed by atoms with Gasteiger partial charge in [0.25, 0.3) is 5.69 Å². The fourth-order valence-electron chi connectivity index (χ4n) is 2.23. The van der Waals surface area contributed by atoms with Gasteiger partial charge in [0.15, 0.2) is 0 Å². The predicted molar refractivity (Wildman–Crippen MR) is 75.1 cm³/mol. The zero-order valence-corrected chi connectivity index (χ0v) is 11.4. The maximum Gasteiger partial charge on any atom is 0.338 e. The van der Waals surface area contributed by atoms with E-state index in [0.717, 1.165) is 6.07 Å². The first-order valence-electron chi connectivity index (χ1n) is 6.27. The molecule has 1 amide bonds. The van der Waals surface area contributed by atoms with E-state index in [9.17, 15) is 19.7 Å². The maximum atomic E-state index is 12.0. The van der Waals surface area contributed by atoms with E-state index < -0.39 is 10.9 Å². The molecule has 0 aliphatic carbocycles. The predicted octanol–water partition coefficient (Wildman–Crippen LogP) is 1.92. The summed E-state index contributed by atoms with van der Waals surface area (Å²) in [4.78, 5) is 35.3. The zero-order valence-electron chi connectivity index (χ0n) is 11.4. The molecular formula is C14H14N2O5. The third-order valence-corrected chi connectivity index (χ3v) is 3.33. The standard InChI is InChI=1S/C14H14N2O5/c1-3-9-4-13(17)15(8-9)11-5-10(14(18)21-2)6-12(7-11)16(19)20/h3,5-7,9H,1,4,8H2,2H3. The highest BCUT2D eigenvalue weighted by atomic mass is 16.6. The quantitative estimate of drug-likeness (QED) is 0.366. The van der Waals surface area contributed by atoms with E-state index in [1.54, 1.807) is 6.08 Å². The van der Waals surface area contributed by atoms with Gasteiger partial charge in [-0.05, 0) is 6.07 Å². The number of hydrogen-bond donors (Lipinski definition) is 0. The van der Waals surface area contributed by atoms with Crippen molar-refractivity contribution in [3.05, 3.63) is 46.5 Å². The molecule has 21 heavy (non-hydrogen) atoms. The fraction of sp³-hybridized carbons (Fsp3) is 0.286. The van der Waals surface area contributed by atoms with Crippen LogP contribution in [0.15, 0.2) is 30.9 Å². The first kappa shape index (κ1) is 14.7. The molecule has 1 saturated heterocycles. The van der Waals surface area contributed by atoms with Crippen molar-refractivity contribution in [3.8, 4) is 0 Å². The SMILES string of the molecule is C=CC1CC(=O)N(c2cc(C(=O)OC)cc([N+](=O)[O-])c2)C1. The van der Waals surface area contributed by atoms with Crippen molar-refractivity contribution < 1.29 is 19.2 Å². The summed E-state index contributed by atoms with van der Waals surface area (Å²) in [6, 6.07) is 3.82. The van der Waals surface area contributed by atoms with Crippen LogP contribution in [0.1, 0.15) is 16.8 Å². The molecule has 110 valence electrons. The molecule has 2 rings (SSSR count).